The highest BCUT2D eigenvalue weighted by Gasteiger charge is 2.41. The van der Waals surface area contributed by atoms with Crippen LogP contribution in [0.5, 0.6) is 0 Å². The number of carbonyl (C=O) groups excluding carboxylic acids is 1. The molecule has 1 amide bonds. The Labute approximate surface area is 258 Å². The van der Waals surface area contributed by atoms with Crippen LogP contribution in [0.4, 0.5) is 0 Å². The average molecular weight is 625 g/mol. The first-order valence-electron chi connectivity index (χ1n) is 15.9. The third-order valence-electron chi connectivity index (χ3n) is 9.84. The van der Waals surface area contributed by atoms with E-state index in [1.165, 1.54) is 31.8 Å². The summed E-state index contributed by atoms with van der Waals surface area (Å²) in [7, 11) is 1.69. The molecule has 0 aromatic heterocycles. The first-order valence-corrected chi connectivity index (χ1v) is 19.0. The summed E-state index contributed by atoms with van der Waals surface area (Å²) in [5.41, 5.74) is 0.180. The summed E-state index contributed by atoms with van der Waals surface area (Å²) in [6, 6.07) is 0.675. The SMILES string of the molecule is C=CC(=O)NC1CC(NC2NCC(Cl)C(NC3CCCCC3P(C)(C)=O)N2)C(OC)CC1C#CCN(C)C1CCCC1. The van der Waals surface area contributed by atoms with Crippen LogP contribution in [0, 0.1) is 17.8 Å². The van der Waals surface area contributed by atoms with Gasteiger partial charge < -0.3 is 14.6 Å². The number of halogens is 1. The van der Waals surface area contributed by atoms with E-state index in [-0.39, 0.29) is 59.5 Å². The van der Waals surface area contributed by atoms with Gasteiger partial charge in [0.25, 0.3) is 0 Å². The monoisotopic (exact) mass is 624 g/mol. The molecule has 9 unspecified atom stereocenters. The molecule has 3 aliphatic carbocycles. The lowest BCUT2D eigenvalue weighted by Crippen LogP contribution is -2.72. The van der Waals surface area contributed by atoms with Crippen molar-refractivity contribution in [3.8, 4) is 11.8 Å². The lowest BCUT2D eigenvalue weighted by Gasteiger charge is -2.45. The second kappa shape index (κ2) is 15.9. The van der Waals surface area contributed by atoms with Crippen molar-refractivity contribution >= 4 is 24.7 Å². The molecule has 4 fully saturated rings. The third-order valence-corrected chi connectivity index (χ3v) is 12.5. The molecule has 4 rings (SSSR count). The van der Waals surface area contributed by atoms with Gasteiger partial charge in [-0.25, -0.2) is 0 Å². The van der Waals surface area contributed by atoms with E-state index in [0.717, 1.165) is 38.6 Å². The van der Waals surface area contributed by atoms with Gasteiger partial charge in [0.15, 0.2) is 0 Å². The van der Waals surface area contributed by atoms with Crippen molar-refractivity contribution in [3.05, 3.63) is 12.7 Å². The fourth-order valence-electron chi connectivity index (χ4n) is 7.39. The van der Waals surface area contributed by atoms with Crippen molar-refractivity contribution in [3.63, 3.8) is 0 Å². The van der Waals surface area contributed by atoms with Crippen molar-refractivity contribution < 1.29 is 14.1 Å². The highest BCUT2D eigenvalue weighted by atomic mass is 35.5. The molecule has 1 heterocycles. The fourth-order valence-corrected chi connectivity index (χ4v) is 9.53. The Morgan fingerprint density at radius 2 is 1.81 bits per heavy atom. The van der Waals surface area contributed by atoms with Crippen molar-refractivity contribution in [2.75, 3.05) is 40.6 Å². The standard InChI is InChI=1S/C31H54ClN6O3P/c1-6-29(39)34-25-19-26(27(41-3)18-21(25)12-11-17-38(2)22-13-7-8-14-22)36-31-33-20-23(32)30(37-31)35-24-15-9-10-16-28(24)42(4,5)40/h6,21-28,30-31,33,35-37H,1,7-10,13-20H2,2-5H3,(H,34,39). The van der Waals surface area contributed by atoms with Gasteiger partial charge in [-0.05, 0) is 65.0 Å². The van der Waals surface area contributed by atoms with Crippen LogP contribution in [0.15, 0.2) is 12.7 Å². The molecule has 3 saturated carbocycles. The van der Waals surface area contributed by atoms with Crippen molar-refractivity contribution in [2.24, 2.45) is 5.92 Å². The van der Waals surface area contributed by atoms with Gasteiger partial charge in [0.2, 0.25) is 5.91 Å². The summed E-state index contributed by atoms with van der Waals surface area (Å²) in [6.07, 6.45) is 11.7. The molecule has 1 aliphatic heterocycles. The average Bonchev–Trinajstić information content (AvgIpc) is 3.51. The Balaban J connectivity index is 1.39. The van der Waals surface area contributed by atoms with Crippen LogP contribution < -0.4 is 26.6 Å². The molecule has 4 aliphatic rings. The topological polar surface area (TPSA) is 107 Å². The fraction of sp³-hybridized carbons (Fsp3) is 0.839. The number of nitrogens with one attached hydrogen (secondary N) is 5. The Morgan fingerprint density at radius 3 is 2.50 bits per heavy atom. The highest BCUT2D eigenvalue weighted by Crippen LogP contribution is 2.49. The van der Waals surface area contributed by atoms with Gasteiger partial charge in [0, 0.05) is 49.4 Å². The normalized spacial score (nSPS) is 36.3. The van der Waals surface area contributed by atoms with Crippen molar-refractivity contribution in [1.29, 1.82) is 0 Å². The lowest BCUT2D eigenvalue weighted by atomic mass is 9.79. The molecule has 0 spiro atoms. The summed E-state index contributed by atoms with van der Waals surface area (Å²) >= 11 is 6.77. The van der Waals surface area contributed by atoms with Gasteiger partial charge in [-0.15, -0.1) is 11.6 Å². The predicted molar refractivity (Wildman–Crippen MR) is 172 cm³/mol. The van der Waals surface area contributed by atoms with Gasteiger partial charge in [0.05, 0.1) is 31.3 Å². The van der Waals surface area contributed by atoms with Crippen LogP contribution in [0.2, 0.25) is 0 Å². The summed E-state index contributed by atoms with van der Waals surface area (Å²) in [6.45, 7) is 8.85. The number of nitrogens with zero attached hydrogens (tertiary/aromatic N) is 1. The van der Waals surface area contributed by atoms with Crippen LogP contribution in [0.1, 0.15) is 64.2 Å². The maximum atomic E-state index is 13.0. The quantitative estimate of drug-likeness (QED) is 0.109. The van der Waals surface area contributed by atoms with Crippen molar-refractivity contribution in [2.45, 2.75) is 118 Å². The minimum atomic E-state index is -2.22. The Hall–Kier alpha value is -0.950. The van der Waals surface area contributed by atoms with Gasteiger partial charge in [-0.1, -0.05) is 44.1 Å². The first-order chi connectivity index (χ1) is 20.1. The van der Waals surface area contributed by atoms with E-state index in [4.69, 9.17) is 16.3 Å². The maximum absolute atomic E-state index is 13.0. The molecule has 11 heteroatoms. The number of hydrogen-bond donors (Lipinski definition) is 5. The molecular formula is C31H54ClN6O3P. The molecule has 0 aromatic carbocycles. The third kappa shape index (κ3) is 9.28. The molecule has 238 valence electrons. The van der Waals surface area contributed by atoms with Crippen LogP contribution in [0.3, 0.4) is 0 Å². The second-order valence-electron chi connectivity index (χ2n) is 13.2. The van der Waals surface area contributed by atoms with E-state index in [9.17, 15) is 9.36 Å². The van der Waals surface area contributed by atoms with Crippen LogP contribution in [-0.4, -0.2) is 105 Å². The zero-order valence-corrected chi connectivity index (χ0v) is 27.7. The molecule has 42 heavy (non-hydrogen) atoms. The van der Waals surface area contributed by atoms with E-state index in [1.54, 1.807) is 7.11 Å². The van der Waals surface area contributed by atoms with E-state index in [0.29, 0.717) is 19.0 Å². The summed E-state index contributed by atoms with van der Waals surface area (Å²) in [5, 5.41) is 17.5. The molecule has 0 bridgehead atoms. The molecule has 0 aromatic rings. The lowest BCUT2D eigenvalue weighted by molar-refractivity contribution is -0.118. The zero-order valence-electron chi connectivity index (χ0n) is 26.0. The Morgan fingerprint density at radius 1 is 1.10 bits per heavy atom. The van der Waals surface area contributed by atoms with E-state index in [2.05, 4.69) is 57.0 Å². The Kier molecular flexibility index (Phi) is 12.8. The molecule has 9 nitrogen and oxygen atoms in total. The van der Waals surface area contributed by atoms with Gasteiger partial charge in [-0.2, -0.15) is 0 Å². The molecule has 9 atom stereocenters. The predicted octanol–water partition coefficient (Wildman–Crippen LogP) is 2.85. The Bertz CT molecular complexity index is 1010. The van der Waals surface area contributed by atoms with Crippen LogP contribution >= 0.6 is 18.7 Å². The summed E-state index contributed by atoms with van der Waals surface area (Å²) < 4.78 is 19.0. The molecular weight excluding hydrogens is 571 g/mol. The number of amides is 1. The van der Waals surface area contributed by atoms with E-state index < -0.39 is 7.14 Å². The number of ether oxygens (including phenoxy) is 1. The largest absolute Gasteiger partial charge is 0.380 e. The number of carbonyl (C=O) groups is 1. The molecule has 0 radical (unpaired) electrons. The van der Waals surface area contributed by atoms with Crippen molar-refractivity contribution in [1.82, 2.24) is 31.5 Å². The number of alkyl halides is 1. The molecule has 1 saturated heterocycles. The van der Waals surface area contributed by atoms with Gasteiger partial charge in [-0.3, -0.25) is 31.0 Å². The smallest absolute Gasteiger partial charge is 0.243 e. The maximum Gasteiger partial charge on any atom is 0.243 e. The summed E-state index contributed by atoms with van der Waals surface area (Å²) in [4.78, 5) is 14.8. The minimum Gasteiger partial charge on any atom is -0.380 e. The first kappa shape index (κ1) is 33.9. The van der Waals surface area contributed by atoms with Gasteiger partial charge >= 0.3 is 0 Å². The number of hydrogen-bond acceptors (Lipinski definition) is 8. The number of methoxy groups -OCH3 is 1. The van der Waals surface area contributed by atoms with E-state index >= 15 is 0 Å². The summed E-state index contributed by atoms with van der Waals surface area (Å²) in [5.74, 6) is 6.71. The highest BCUT2D eigenvalue weighted by molar-refractivity contribution is 7.63. The molecule has 5 N–H and O–H groups in total. The zero-order chi connectivity index (χ0) is 30.3. The van der Waals surface area contributed by atoms with Crippen LogP contribution in [-0.2, 0) is 14.1 Å². The van der Waals surface area contributed by atoms with Crippen LogP contribution in [0.25, 0.3) is 0 Å². The second-order valence-corrected chi connectivity index (χ2v) is 17.3. The van der Waals surface area contributed by atoms with E-state index in [1.807, 2.05) is 13.3 Å². The number of rotatable bonds is 10. The minimum absolute atomic E-state index is 0.00944. The van der Waals surface area contributed by atoms with Gasteiger partial charge in [0.1, 0.15) is 6.29 Å².